The fourth-order valence-corrected chi connectivity index (χ4v) is 4.51. The van der Waals surface area contributed by atoms with Crippen LogP contribution in [-0.4, -0.2) is 53.3 Å². The Morgan fingerprint density at radius 3 is 2.60 bits per heavy atom. The molecule has 1 aliphatic rings. The topological polar surface area (TPSA) is 149 Å². The number of nitrogens with zero attached hydrogens (tertiary/aromatic N) is 7. The lowest BCUT2D eigenvalue weighted by atomic mass is 10.1. The Bertz CT molecular complexity index is 1920. The van der Waals surface area contributed by atoms with Crippen molar-refractivity contribution in [3.8, 4) is 23.3 Å². The van der Waals surface area contributed by atoms with Gasteiger partial charge in [0.25, 0.3) is 5.88 Å². The highest BCUT2D eigenvalue weighted by molar-refractivity contribution is 5.88. The number of rotatable bonds is 9. The molecule has 0 radical (unpaired) electrons. The highest BCUT2D eigenvalue weighted by Crippen LogP contribution is 2.27. The second kappa shape index (κ2) is 11.5. The third kappa shape index (κ3) is 5.70. The minimum absolute atomic E-state index is 0.0179. The van der Waals surface area contributed by atoms with Gasteiger partial charge in [0.1, 0.15) is 41.3 Å². The van der Waals surface area contributed by atoms with Gasteiger partial charge >= 0.3 is 5.97 Å². The van der Waals surface area contributed by atoms with E-state index in [1.165, 1.54) is 18.2 Å². The van der Waals surface area contributed by atoms with E-state index in [-0.39, 0.29) is 40.9 Å². The molecule has 1 saturated heterocycles. The zero-order valence-electron chi connectivity index (χ0n) is 22.2. The summed E-state index contributed by atoms with van der Waals surface area (Å²) < 4.78 is 56.5. The lowest BCUT2D eigenvalue weighted by molar-refractivity contribution is -0.0590. The van der Waals surface area contributed by atoms with Gasteiger partial charge < -0.3 is 19.1 Å². The highest BCUT2D eigenvalue weighted by Gasteiger charge is 2.24. The Kier molecular flexibility index (Phi) is 7.39. The van der Waals surface area contributed by atoms with E-state index >= 15 is 4.39 Å². The number of nitriles is 1. The highest BCUT2D eigenvalue weighted by atomic mass is 19.1. The van der Waals surface area contributed by atoms with Crippen LogP contribution in [0.2, 0.25) is 0 Å². The summed E-state index contributed by atoms with van der Waals surface area (Å²) in [6.45, 7) is 0.563. The van der Waals surface area contributed by atoms with Gasteiger partial charge in [-0.3, -0.25) is 4.98 Å². The minimum atomic E-state index is -1.16. The fraction of sp³-hybridized carbons (Fsp3) is 0.207. The van der Waals surface area contributed by atoms with Crippen molar-refractivity contribution in [2.24, 2.45) is 0 Å². The standard InChI is InChI=1S/C29H20F3N7O4/c30-19-7-15(9-25-36-22-3-4-23(29(40)41)37-27(22)39(25)13-17-5-6-42-17)1-2-18(19)26-35-12-21(32)28(38-26)43-14-24-20(31)8-16(10-33)11-34-24/h1-4,7-8,11-12,17H,5-6,9,13-14H2,(H,40,41)/t17-/m0/s1. The van der Waals surface area contributed by atoms with Crippen molar-refractivity contribution in [2.75, 3.05) is 6.61 Å². The van der Waals surface area contributed by atoms with Crippen molar-refractivity contribution in [2.45, 2.75) is 32.1 Å². The van der Waals surface area contributed by atoms with E-state index < -0.39 is 35.9 Å². The summed E-state index contributed by atoms with van der Waals surface area (Å²) in [6.07, 6.45) is 2.94. The molecule has 1 N–H and O–H groups in total. The van der Waals surface area contributed by atoms with Crippen LogP contribution in [0.3, 0.4) is 0 Å². The molecule has 0 unspecified atom stereocenters. The summed E-state index contributed by atoms with van der Waals surface area (Å²) in [5.74, 6) is -3.74. The van der Waals surface area contributed by atoms with Crippen LogP contribution in [0.1, 0.15) is 39.6 Å². The average molecular weight is 588 g/mol. The van der Waals surface area contributed by atoms with Crippen molar-refractivity contribution in [3.63, 3.8) is 0 Å². The minimum Gasteiger partial charge on any atom is -0.477 e. The van der Waals surface area contributed by atoms with Crippen LogP contribution in [0.4, 0.5) is 13.2 Å². The third-order valence-electron chi connectivity index (χ3n) is 6.81. The van der Waals surface area contributed by atoms with Crippen LogP contribution < -0.4 is 4.74 Å². The Morgan fingerprint density at radius 1 is 1.07 bits per heavy atom. The van der Waals surface area contributed by atoms with Crippen molar-refractivity contribution >= 4 is 17.1 Å². The van der Waals surface area contributed by atoms with Gasteiger partial charge in [0.2, 0.25) is 5.82 Å². The zero-order chi connectivity index (χ0) is 30.1. The number of ether oxygens (including phenoxy) is 2. The van der Waals surface area contributed by atoms with Gasteiger partial charge in [0, 0.05) is 19.2 Å². The molecule has 5 aromatic rings. The Labute approximate surface area is 241 Å². The number of halogens is 3. The van der Waals surface area contributed by atoms with Gasteiger partial charge in [-0.05, 0) is 42.3 Å². The molecule has 0 saturated carbocycles. The number of carbonyl (C=O) groups is 1. The number of aromatic carboxylic acids is 1. The van der Waals surface area contributed by atoms with Crippen LogP contribution >= 0.6 is 0 Å². The molecular formula is C29H20F3N7O4. The first-order valence-corrected chi connectivity index (χ1v) is 13.0. The molecule has 1 atom stereocenters. The first kappa shape index (κ1) is 27.7. The molecule has 14 heteroatoms. The van der Waals surface area contributed by atoms with Gasteiger partial charge in [0.15, 0.2) is 17.2 Å². The van der Waals surface area contributed by atoms with Crippen LogP contribution in [0.5, 0.6) is 5.88 Å². The van der Waals surface area contributed by atoms with Crippen LogP contribution in [-0.2, 0) is 24.3 Å². The summed E-state index contributed by atoms with van der Waals surface area (Å²) in [6, 6.07) is 10.0. The summed E-state index contributed by atoms with van der Waals surface area (Å²) in [7, 11) is 0. The van der Waals surface area contributed by atoms with Crippen molar-refractivity contribution in [1.29, 1.82) is 5.26 Å². The Hall–Kier alpha value is -5.42. The predicted molar refractivity (Wildman–Crippen MR) is 142 cm³/mol. The largest absolute Gasteiger partial charge is 0.477 e. The van der Waals surface area contributed by atoms with Crippen LogP contribution in [0.15, 0.2) is 48.8 Å². The van der Waals surface area contributed by atoms with E-state index in [2.05, 4.69) is 24.9 Å². The zero-order valence-corrected chi connectivity index (χ0v) is 22.2. The summed E-state index contributed by atoms with van der Waals surface area (Å²) in [5.41, 5.74) is 1.14. The van der Waals surface area contributed by atoms with Crippen molar-refractivity contribution in [3.05, 3.63) is 94.6 Å². The molecule has 0 amide bonds. The molecule has 216 valence electrons. The van der Waals surface area contributed by atoms with Gasteiger partial charge in [-0.15, -0.1) is 0 Å². The molecule has 43 heavy (non-hydrogen) atoms. The van der Waals surface area contributed by atoms with E-state index in [0.717, 1.165) is 24.9 Å². The number of carboxylic acid groups (broad SMARTS) is 1. The SMILES string of the molecule is N#Cc1cnc(COc2nc(-c3ccc(Cc4nc5ccc(C(=O)O)nc5n4C[C@@H]4CCO4)cc3F)ncc2F)c(F)c1. The molecule has 4 aromatic heterocycles. The molecule has 1 aromatic carbocycles. The smallest absolute Gasteiger partial charge is 0.354 e. The number of fused-ring (bicyclic) bond motifs is 1. The summed E-state index contributed by atoms with van der Waals surface area (Å²) >= 11 is 0. The molecule has 6 rings (SSSR count). The third-order valence-corrected chi connectivity index (χ3v) is 6.81. The number of hydrogen-bond donors (Lipinski definition) is 1. The molecule has 0 bridgehead atoms. The average Bonchev–Trinajstić information content (AvgIpc) is 3.31. The van der Waals surface area contributed by atoms with E-state index in [0.29, 0.717) is 35.7 Å². The lowest BCUT2D eigenvalue weighted by Gasteiger charge is -2.27. The second-order valence-electron chi connectivity index (χ2n) is 9.66. The van der Waals surface area contributed by atoms with Gasteiger partial charge in [-0.1, -0.05) is 6.07 Å². The van der Waals surface area contributed by atoms with Crippen molar-refractivity contribution < 1.29 is 32.5 Å². The summed E-state index contributed by atoms with van der Waals surface area (Å²) in [4.78, 5) is 32.0. The van der Waals surface area contributed by atoms with Gasteiger partial charge in [-0.25, -0.2) is 28.5 Å². The maximum Gasteiger partial charge on any atom is 0.354 e. The molecule has 0 aliphatic carbocycles. The Balaban J connectivity index is 1.25. The van der Waals surface area contributed by atoms with E-state index in [4.69, 9.17) is 14.7 Å². The van der Waals surface area contributed by atoms with Crippen LogP contribution in [0.25, 0.3) is 22.6 Å². The number of aromatic nitrogens is 6. The number of benzene rings is 1. The number of hydrogen-bond acceptors (Lipinski definition) is 9. The van der Waals surface area contributed by atoms with E-state index in [1.807, 2.05) is 0 Å². The normalized spacial score (nSPS) is 14.3. The molecular weight excluding hydrogens is 567 g/mol. The first-order valence-electron chi connectivity index (χ1n) is 13.0. The monoisotopic (exact) mass is 587 g/mol. The molecule has 1 fully saturated rings. The van der Waals surface area contributed by atoms with E-state index in [9.17, 15) is 18.7 Å². The lowest BCUT2D eigenvalue weighted by Crippen LogP contribution is -2.32. The predicted octanol–water partition coefficient (Wildman–Crippen LogP) is 4.23. The fourth-order valence-electron chi connectivity index (χ4n) is 4.51. The number of pyridine rings is 2. The number of carboxylic acids is 1. The van der Waals surface area contributed by atoms with Gasteiger partial charge in [0.05, 0.1) is 30.0 Å². The molecule has 0 spiro atoms. The maximum atomic E-state index is 15.3. The maximum absolute atomic E-state index is 15.3. The summed E-state index contributed by atoms with van der Waals surface area (Å²) in [5, 5.41) is 18.2. The van der Waals surface area contributed by atoms with Gasteiger partial charge in [-0.2, -0.15) is 14.6 Å². The Morgan fingerprint density at radius 2 is 1.91 bits per heavy atom. The quantitative estimate of drug-likeness (QED) is 0.266. The molecule has 1 aliphatic heterocycles. The van der Waals surface area contributed by atoms with Crippen LogP contribution in [0, 0.1) is 28.8 Å². The number of imidazole rings is 1. The van der Waals surface area contributed by atoms with Crippen molar-refractivity contribution in [1.82, 2.24) is 29.5 Å². The van der Waals surface area contributed by atoms with E-state index in [1.54, 1.807) is 22.8 Å². The first-order chi connectivity index (χ1) is 20.8. The second-order valence-corrected chi connectivity index (χ2v) is 9.66. The molecule has 5 heterocycles. The molecule has 11 nitrogen and oxygen atoms in total.